The molecule has 0 radical (unpaired) electrons. The van der Waals surface area contributed by atoms with Gasteiger partial charge in [0.1, 0.15) is 0 Å². The van der Waals surface area contributed by atoms with Crippen LogP contribution in [0.2, 0.25) is 0 Å². The first kappa shape index (κ1) is 24.0. The van der Waals surface area contributed by atoms with Crippen molar-refractivity contribution < 1.29 is 19.2 Å². The molecule has 0 unspecified atom stereocenters. The van der Waals surface area contributed by atoms with Gasteiger partial charge in [0, 0.05) is 43.8 Å². The van der Waals surface area contributed by atoms with E-state index in [1.807, 2.05) is 37.8 Å². The van der Waals surface area contributed by atoms with Crippen LogP contribution in [0.5, 0.6) is 0 Å². The molecule has 0 bridgehead atoms. The Morgan fingerprint density at radius 3 is 2.32 bits per heavy atom. The highest BCUT2D eigenvalue weighted by molar-refractivity contribution is 6.39. The van der Waals surface area contributed by atoms with Crippen molar-refractivity contribution in [3.8, 4) is 0 Å². The molecule has 0 saturated carbocycles. The third-order valence-corrected chi connectivity index (χ3v) is 6.67. The van der Waals surface area contributed by atoms with Gasteiger partial charge in [-0.15, -0.1) is 0 Å². The highest BCUT2D eigenvalue weighted by Crippen LogP contribution is 2.37. The van der Waals surface area contributed by atoms with Gasteiger partial charge in [-0.2, -0.15) is 0 Å². The third-order valence-electron chi connectivity index (χ3n) is 6.67. The molecule has 1 aromatic rings. The summed E-state index contributed by atoms with van der Waals surface area (Å²) in [5, 5.41) is 8.45. The summed E-state index contributed by atoms with van der Waals surface area (Å²) in [6, 6.07) is 3.70. The first-order valence-corrected chi connectivity index (χ1v) is 12.2. The smallest absolute Gasteiger partial charge is 0.317 e. The number of anilines is 2. The number of hydrogen-bond acceptors (Lipinski definition) is 4. The summed E-state index contributed by atoms with van der Waals surface area (Å²) in [4.78, 5) is 53.1. The fraction of sp³-hybridized carbons (Fsp3) is 0.600. The topological polar surface area (TPSA) is 111 Å². The highest BCUT2D eigenvalue weighted by Gasteiger charge is 2.30. The van der Waals surface area contributed by atoms with Crippen molar-refractivity contribution in [2.75, 3.05) is 36.4 Å². The van der Waals surface area contributed by atoms with Crippen LogP contribution in [0.15, 0.2) is 12.1 Å². The van der Waals surface area contributed by atoms with Crippen molar-refractivity contribution in [3.05, 3.63) is 23.3 Å². The molecule has 34 heavy (non-hydrogen) atoms. The number of aryl methyl sites for hydroxylation is 2. The highest BCUT2D eigenvalue weighted by atomic mass is 16.2. The molecule has 3 heterocycles. The fourth-order valence-corrected chi connectivity index (χ4v) is 4.97. The molecule has 4 rings (SSSR count). The van der Waals surface area contributed by atoms with Crippen LogP contribution >= 0.6 is 0 Å². The van der Waals surface area contributed by atoms with Gasteiger partial charge in [-0.25, -0.2) is 4.79 Å². The van der Waals surface area contributed by atoms with E-state index in [2.05, 4.69) is 16.0 Å². The van der Waals surface area contributed by atoms with Crippen LogP contribution in [0, 0.1) is 5.92 Å². The second-order valence-electron chi connectivity index (χ2n) is 10.6. The fourth-order valence-electron chi connectivity index (χ4n) is 4.97. The summed E-state index contributed by atoms with van der Waals surface area (Å²) in [6.45, 7) is 8.27. The van der Waals surface area contributed by atoms with Crippen molar-refractivity contribution >= 4 is 35.1 Å². The van der Waals surface area contributed by atoms with Crippen LogP contribution in [0.3, 0.4) is 0 Å². The van der Waals surface area contributed by atoms with Crippen molar-refractivity contribution in [2.24, 2.45) is 5.92 Å². The maximum absolute atomic E-state index is 12.5. The van der Waals surface area contributed by atoms with Crippen LogP contribution in [-0.2, 0) is 27.2 Å². The molecule has 9 nitrogen and oxygen atoms in total. The van der Waals surface area contributed by atoms with Gasteiger partial charge in [-0.3, -0.25) is 14.4 Å². The van der Waals surface area contributed by atoms with Gasteiger partial charge in [-0.05, 0) is 82.1 Å². The number of carbonyl (C=O) groups excluding carboxylic acids is 4. The monoisotopic (exact) mass is 469 g/mol. The number of likely N-dealkylation sites (tertiary alicyclic amines) is 1. The Hall–Kier alpha value is -3.10. The first-order valence-electron chi connectivity index (χ1n) is 12.2. The standard InChI is InChI=1S/C25H35N5O4/c1-25(2,3)28-24(34)29-11-8-16(9-12-29)15-26-22(32)23(33)27-19-13-17-5-4-10-30-20(31)7-6-18(14-19)21(17)30/h13-14,16H,4-12,15H2,1-3H3,(H,26,32)(H,27,33)(H,28,34). The summed E-state index contributed by atoms with van der Waals surface area (Å²) in [7, 11) is 0. The molecule has 0 atom stereocenters. The Kier molecular flexibility index (Phi) is 6.81. The molecule has 0 aliphatic carbocycles. The van der Waals surface area contributed by atoms with E-state index in [4.69, 9.17) is 0 Å². The average Bonchev–Trinajstić information content (AvgIpc) is 2.79. The Morgan fingerprint density at radius 1 is 0.971 bits per heavy atom. The SMILES string of the molecule is CC(C)(C)NC(=O)N1CCC(CNC(=O)C(=O)Nc2cc3c4c(c2)CCC(=O)N4CCC3)CC1. The van der Waals surface area contributed by atoms with E-state index < -0.39 is 11.8 Å². The van der Waals surface area contributed by atoms with Crippen LogP contribution in [-0.4, -0.2) is 60.4 Å². The van der Waals surface area contributed by atoms with Gasteiger partial charge in [-0.1, -0.05) is 0 Å². The van der Waals surface area contributed by atoms with Crippen molar-refractivity contribution in [1.82, 2.24) is 15.5 Å². The van der Waals surface area contributed by atoms with E-state index in [1.54, 1.807) is 4.90 Å². The molecule has 184 valence electrons. The van der Waals surface area contributed by atoms with Crippen LogP contribution in [0.1, 0.15) is 57.6 Å². The number of urea groups is 1. The van der Waals surface area contributed by atoms with Gasteiger partial charge >= 0.3 is 17.8 Å². The summed E-state index contributed by atoms with van der Waals surface area (Å²) < 4.78 is 0. The molecule has 9 heteroatoms. The number of piperidine rings is 1. The normalized spacial score (nSPS) is 18.3. The van der Waals surface area contributed by atoms with Gasteiger partial charge < -0.3 is 25.8 Å². The predicted octanol–water partition coefficient (Wildman–Crippen LogP) is 2.19. The molecule has 1 aromatic carbocycles. The molecule has 1 fully saturated rings. The molecule has 3 aliphatic rings. The lowest BCUT2D eigenvalue weighted by Gasteiger charge is -2.35. The lowest BCUT2D eigenvalue weighted by molar-refractivity contribution is -0.136. The van der Waals surface area contributed by atoms with E-state index in [-0.39, 0.29) is 23.4 Å². The quantitative estimate of drug-likeness (QED) is 0.589. The van der Waals surface area contributed by atoms with Crippen LogP contribution in [0.4, 0.5) is 16.2 Å². The molecule has 3 N–H and O–H groups in total. The van der Waals surface area contributed by atoms with Gasteiger partial charge in [0.25, 0.3) is 0 Å². The van der Waals surface area contributed by atoms with Crippen LogP contribution < -0.4 is 20.9 Å². The van der Waals surface area contributed by atoms with E-state index in [0.717, 1.165) is 49.0 Å². The number of amides is 5. The van der Waals surface area contributed by atoms with Crippen molar-refractivity contribution in [2.45, 2.75) is 64.8 Å². The zero-order valence-electron chi connectivity index (χ0n) is 20.3. The molecular weight excluding hydrogens is 434 g/mol. The van der Waals surface area contributed by atoms with Gasteiger partial charge in [0.15, 0.2) is 0 Å². The van der Waals surface area contributed by atoms with Gasteiger partial charge in [0.05, 0.1) is 5.69 Å². The molecule has 0 aromatic heterocycles. The first-order chi connectivity index (χ1) is 16.1. The van der Waals surface area contributed by atoms with E-state index >= 15 is 0 Å². The maximum Gasteiger partial charge on any atom is 0.317 e. The second kappa shape index (κ2) is 9.64. The number of benzene rings is 1. The Balaban J connectivity index is 1.27. The average molecular weight is 470 g/mol. The Bertz CT molecular complexity index is 975. The summed E-state index contributed by atoms with van der Waals surface area (Å²) in [6.07, 6.45) is 4.44. The minimum absolute atomic E-state index is 0.0640. The lowest BCUT2D eigenvalue weighted by Crippen LogP contribution is -2.51. The minimum Gasteiger partial charge on any atom is -0.348 e. The number of nitrogens with zero attached hydrogens (tertiary/aromatic N) is 2. The maximum atomic E-state index is 12.5. The zero-order chi connectivity index (χ0) is 24.5. The number of carbonyl (C=O) groups is 4. The zero-order valence-corrected chi connectivity index (χ0v) is 20.3. The molecule has 1 saturated heterocycles. The predicted molar refractivity (Wildman–Crippen MR) is 130 cm³/mol. The van der Waals surface area contributed by atoms with Crippen molar-refractivity contribution in [3.63, 3.8) is 0 Å². The molecular formula is C25H35N5O4. The number of nitrogens with one attached hydrogen (secondary N) is 3. The summed E-state index contributed by atoms with van der Waals surface area (Å²) in [5.41, 5.74) is 3.42. The molecule has 0 spiro atoms. The number of hydrogen-bond donors (Lipinski definition) is 3. The lowest BCUT2D eigenvalue weighted by atomic mass is 9.91. The van der Waals surface area contributed by atoms with Crippen molar-refractivity contribution in [1.29, 1.82) is 0 Å². The van der Waals surface area contributed by atoms with E-state index in [9.17, 15) is 19.2 Å². The van der Waals surface area contributed by atoms with E-state index in [0.29, 0.717) is 38.2 Å². The minimum atomic E-state index is -0.686. The summed E-state index contributed by atoms with van der Waals surface area (Å²) in [5.74, 6) is -0.956. The largest absolute Gasteiger partial charge is 0.348 e. The van der Waals surface area contributed by atoms with Gasteiger partial charge in [0.2, 0.25) is 5.91 Å². The Morgan fingerprint density at radius 2 is 1.65 bits per heavy atom. The Labute approximate surface area is 200 Å². The third kappa shape index (κ3) is 5.51. The van der Waals surface area contributed by atoms with Crippen LogP contribution in [0.25, 0.3) is 0 Å². The van der Waals surface area contributed by atoms with E-state index in [1.165, 1.54) is 0 Å². The molecule has 3 aliphatic heterocycles. The molecule has 5 amide bonds. The summed E-state index contributed by atoms with van der Waals surface area (Å²) >= 11 is 0. The second-order valence-corrected chi connectivity index (χ2v) is 10.6. The number of rotatable bonds is 3.